The summed E-state index contributed by atoms with van der Waals surface area (Å²) in [5.41, 5.74) is 5.76. The van der Waals surface area contributed by atoms with Crippen LogP contribution < -0.4 is 5.73 Å². The van der Waals surface area contributed by atoms with Gasteiger partial charge in [-0.1, -0.05) is 6.92 Å². The number of nitrogens with zero attached hydrogens (tertiary/aromatic N) is 1. The molecule has 0 saturated carbocycles. The first-order valence-corrected chi connectivity index (χ1v) is 8.09. The number of piperidine rings is 1. The summed E-state index contributed by atoms with van der Waals surface area (Å²) in [6.45, 7) is 3.58. The lowest BCUT2D eigenvalue weighted by Gasteiger charge is -2.42. The van der Waals surface area contributed by atoms with Crippen LogP contribution in [0.15, 0.2) is 0 Å². The Bertz CT molecular complexity index is 371. The lowest BCUT2D eigenvalue weighted by molar-refractivity contribution is 0.0253. The molecule has 0 aromatic rings. The Balaban J connectivity index is 2.11. The van der Waals surface area contributed by atoms with E-state index < -0.39 is 15.9 Å². The molecule has 2 aliphatic rings. The molecule has 0 amide bonds. The zero-order chi connectivity index (χ0) is 12.6. The summed E-state index contributed by atoms with van der Waals surface area (Å²) in [5.74, 6) is 0.620. The molecule has 0 bridgehead atoms. The summed E-state index contributed by atoms with van der Waals surface area (Å²) in [4.78, 5) is 2.12. The lowest BCUT2D eigenvalue weighted by Crippen LogP contribution is -2.54. The third-order valence-electron chi connectivity index (χ3n) is 4.02. The van der Waals surface area contributed by atoms with Crippen LogP contribution in [0, 0.1) is 5.92 Å². The van der Waals surface area contributed by atoms with Crippen molar-refractivity contribution >= 4 is 9.84 Å². The first kappa shape index (κ1) is 13.3. The van der Waals surface area contributed by atoms with Gasteiger partial charge in [0.05, 0.1) is 23.7 Å². The highest BCUT2D eigenvalue weighted by atomic mass is 32.2. The molecule has 100 valence electrons. The van der Waals surface area contributed by atoms with Gasteiger partial charge in [-0.05, 0) is 25.3 Å². The van der Waals surface area contributed by atoms with Gasteiger partial charge >= 0.3 is 0 Å². The van der Waals surface area contributed by atoms with E-state index in [1.165, 1.54) is 0 Å². The molecule has 2 heterocycles. The summed E-state index contributed by atoms with van der Waals surface area (Å²) < 4.78 is 23.1. The largest absolute Gasteiger partial charge is 0.390 e. The maximum absolute atomic E-state index is 11.5. The Morgan fingerprint density at radius 2 is 2.12 bits per heavy atom. The predicted molar refractivity (Wildman–Crippen MR) is 66.4 cm³/mol. The first-order chi connectivity index (χ1) is 7.93. The van der Waals surface area contributed by atoms with E-state index in [1.54, 1.807) is 0 Å². The molecule has 0 aromatic heterocycles. The average Bonchev–Trinajstić information content (AvgIpc) is 2.52. The summed E-state index contributed by atoms with van der Waals surface area (Å²) in [6, 6.07) is -0.0345. The Hall–Kier alpha value is -0.170. The zero-order valence-electron chi connectivity index (χ0n) is 10.2. The monoisotopic (exact) mass is 262 g/mol. The number of hydrogen-bond acceptors (Lipinski definition) is 5. The van der Waals surface area contributed by atoms with Gasteiger partial charge < -0.3 is 10.8 Å². The number of nitrogens with two attached hydrogens (primary N) is 1. The number of sulfone groups is 1. The second-order valence-corrected chi connectivity index (χ2v) is 7.62. The smallest absolute Gasteiger partial charge is 0.154 e. The standard InChI is InChI=1S/C11H22N2O3S/c1-8-2-3-13(9(4-8)5-12)10-6-17(15,16)7-11(10)14/h8-11,14H,2-7,12H2,1H3. The van der Waals surface area contributed by atoms with Crippen molar-refractivity contribution in [1.82, 2.24) is 4.90 Å². The van der Waals surface area contributed by atoms with Crippen molar-refractivity contribution in [3.63, 3.8) is 0 Å². The van der Waals surface area contributed by atoms with Crippen LogP contribution in [0.4, 0.5) is 0 Å². The molecule has 0 radical (unpaired) electrons. The van der Waals surface area contributed by atoms with E-state index in [0.29, 0.717) is 12.5 Å². The molecule has 2 rings (SSSR count). The highest BCUT2D eigenvalue weighted by Gasteiger charge is 2.43. The Morgan fingerprint density at radius 3 is 2.65 bits per heavy atom. The van der Waals surface area contributed by atoms with Gasteiger partial charge in [-0.15, -0.1) is 0 Å². The van der Waals surface area contributed by atoms with Gasteiger partial charge in [0.15, 0.2) is 9.84 Å². The summed E-state index contributed by atoms with van der Waals surface area (Å²) in [7, 11) is -3.07. The third kappa shape index (κ3) is 2.81. The molecule has 17 heavy (non-hydrogen) atoms. The van der Waals surface area contributed by atoms with Crippen LogP contribution in [0.1, 0.15) is 19.8 Å². The second-order valence-electron chi connectivity index (χ2n) is 5.47. The number of likely N-dealkylation sites (tertiary alicyclic amines) is 1. The van der Waals surface area contributed by atoms with Gasteiger partial charge in [-0.25, -0.2) is 8.42 Å². The number of aliphatic hydroxyl groups excluding tert-OH is 1. The van der Waals surface area contributed by atoms with E-state index in [0.717, 1.165) is 19.4 Å². The minimum absolute atomic E-state index is 0.0824. The van der Waals surface area contributed by atoms with Crippen molar-refractivity contribution in [1.29, 1.82) is 0 Å². The van der Waals surface area contributed by atoms with E-state index >= 15 is 0 Å². The Kier molecular flexibility index (Phi) is 3.77. The molecule has 4 atom stereocenters. The van der Waals surface area contributed by atoms with Gasteiger partial charge in [0, 0.05) is 12.6 Å². The number of hydrogen-bond donors (Lipinski definition) is 2. The molecule has 0 aliphatic carbocycles. The van der Waals surface area contributed by atoms with Crippen molar-refractivity contribution in [2.45, 2.75) is 38.0 Å². The fourth-order valence-corrected chi connectivity index (χ4v) is 4.88. The lowest BCUT2D eigenvalue weighted by atomic mass is 9.90. The molecule has 2 saturated heterocycles. The van der Waals surface area contributed by atoms with E-state index in [2.05, 4.69) is 11.8 Å². The van der Waals surface area contributed by atoms with Gasteiger partial charge in [0.2, 0.25) is 0 Å². The minimum atomic E-state index is -3.07. The van der Waals surface area contributed by atoms with Gasteiger partial charge in [-0.3, -0.25) is 4.90 Å². The molecule has 0 aromatic carbocycles. The minimum Gasteiger partial charge on any atom is -0.390 e. The highest BCUT2D eigenvalue weighted by Crippen LogP contribution is 2.28. The maximum atomic E-state index is 11.5. The van der Waals surface area contributed by atoms with Crippen LogP contribution in [-0.2, 0) is 9.84 Å². The number of aliphatic hydroxyl groups is 1. The van der Waals surface area contributed by atoms with E-state index in [9.17, 15) is 13.5 Å². The van der Waals surface area contributed by atoms with Crippen LogP contribution in [-0.4, -0.2) is 61.2 Å². The molecule has 3 N–H and O–H groups in total. The third-order valence-corrected chi connectivity index (χ3v) is 5.71. The SMILES string of the molecule is CC1CCN(C2CS(=O)(=O)CC2O)C(CN)C1. The Labute approximate surface area is 103 Å². The van der Waals surface area contributed by atoms with Crippen molar-refractivity contribution in [2.24, 2.45) is 11.7 Å². The Morgan fingerprint density at radius 1 is 1.41 bits per heavy atom. The quantitative estimate of drug-likeness (QED) is 0.681. The molecular formula is C11H22N2O3S. The van der Waals surface area contributed by atoms with Crippen LogP contribution in [0.3, 0.4) is 0 Å². The van der Waals surface area contributed by atoms with Gasteiger partial charge in [-0.2, -0.15) is 0 Å². The highest BCUT2D eigenvalue weighted by molar-refractivity contribution is 7.91. The molecule has 5 nitrogen and oxygen atoms in total. The average molecular weight is 262 g/mol. The van der Waals surface area contributed by atoms with Crippen molar-refractivity contribution in [3.8, 4) is 0 Å². The second kappa shape index (κ2) is 4.84. The van der Waals surface area contributed by atoms with Crippen LogP contribution in [0.5, 0.6) is 0 Å². The summed E-state index contributed by atoms with van der Waals surface area (Å²) in [5, 5.41) is 9.89. The van der Waals surface area contributed by atoms with Crippen molar-refractivity contribution < 1.29 is 13.5 Å². The van der Waals surface area contributed by atoms with E-state index in [4.69, 9.17) is 5.73 Å². The first-order valence-electron chi connectivity index (χ1n) is 6.27. The number of rotatable bonds is 2. The predicted octanol–water partition coefficient (Wildman–Crippen LogP) is -0.796. The molecule has 0 spiro atoms. The molecule has 6 heteroatoms. The molecule has 2 fully saturated rings. The van der Waals surface area contributed by atoms with Crippen LogP contribution in [0.25, 0.3) is 0 Å². The zero-order valence-corrected chi connectivity index (χ0v) is 11.1. The topological polar surface area (TPSA) is 83.6 Å². The maximum Gasteiger partial charge on any atom is 0.154 e. The summed E-state index contributed by atoms with van der Waals surface area (Å²) in [6.07, 6.45) is 1.31. The van der Waals surface area contributed by atoms with E-state index in [1.807, 2.05) is 0 Å². The van der Waals surface area contributed by atoms with Crippen LogP contribution in [0.2, 0.25) is 0 Å². The molecule has 2 aliphatic heterocycles. The van der Waals surface area contributed by atoms with Crippen molar-refractivity contribution in [2.75, 3.05) is 24.6 Å². The van der Waals surface area contributed by atoms with Gasteiger partial charge in [0.1, 0.15) is 0 Å². The summed E-state index contributed by atoms with van der Waals surface area (Å²) >= 11 is 0. The van der Waals surface area contributed by atoms with Gasteiger partial charge in [0.25, 0.3) is 0 Å². The fourth-order valence-electron chi connectivity index (χ4n) is 3.07. The van der Waals surface area contributed by atoms with E-state index in [-0.39, 0.29) is 23.6 Å². The normalized spacial score (nSPS) is 42.8. The van der Waals surface area contributed by atoms with Crippen molar-refractivity contribution in [3.05, 3.63) is 0 Å². The molecule has 4 unspecified atom stereocenters. The molecular weight excluding hydrogens is 240 g/mol. The van der Waals surface area contributed by atoms with Crippen LogP contribution >= 0.6 is 0 Å². The fraction of sp³-hybridized carbons (Fsp3) is 1.00.